The van der Waals surface area contributed by atoms with Crippen LogP contribution in [0.2, 0.25) is 0 Å². The summed E-state index contributed by atoms with van der Waals surface area (Å²) in [7, 11) is 1.39. The highest BCUT2D eigenvalue weighted by molar-refractivity contribution is 5.98. The lowest BCUT2D eigenvalue weighted by Crippen LogP contribution is -2.12. The number of carbonyl (C=O) groups excluding carboxylic acids is 1. The van der Waals surface area contributed by atoms with Crippen LogP contribution in [-0.4, -0.2) is 31.0 Å². The van der Waals surface area contributed by atoms with Crippen molar-refractivity contribution in [3.8, 4) is 11.5 Å². The number of benzene rings is 1. The van der Waals surface area contributed by atoms with Crippen LogP contribution < -0.4 is 15.2 Å². The highest BCUT2D eigenvalue weighted by atomic mass is 16.6. The van der Waals surface area contributed by atoms with E-state index in [0.717, 1.165) is 0 Å². The number of methoxy groups -OCH3 is 1. The zero-order valence-electron chi connectivity index (χ0n) is 10.1. The van der Waals surface area contributed by atoms with Gasteiger partial charge in [-0.25, -0.2) is 0 Å². The minimum atomic E-state index is -0.633. The number of nitro groups is 1. The van der Waals surface area contributed by atoms with Gasteiger partial charge in [0, 0.05) is 12.6 Å². The predicted octanol–water partition coefficient (Wildman–Crippen LogP) is 1.14. The zero-order valence-corrected chi connectivity index (χ0v) is 10.1. The van der Waals surface area contributed by atoms with Gasteiger partial charge in [0.1, 0.15) is 6.61 Å². The van der Waals surface area contributed by atoms with Crippen LogP contribution in [0.4, 0.5) is 5.69 Å². The first kappa shape index (κ1) is 13.9. The summed E-state index contributed by atoms with van der Waals surface area (Å²) in [6, 6.07) is 2.47. The Kier molecular flexibility index (Phi) is 4.61. The maximum Gasteiger partial charge on any atom is 0.284 e. The lowest BCUT2D eigenvalue weighted by Gasteiger charge is -2.11. The van der Waals surface area contributed by atoms with E-state index in [4.69, 9.17) is 15.2 Å². The van der Waals surface area contributed by atoms with Crippen molar-refractivity contribution >= 4 is 11.5 Å². The zero-order chi connectivity index (χ0) is 13.7. The topological polar surface area (TPSA) is 105 Å². The second-order valence-corrected chi connectivity index (χ2v) is 3.47. The number of nitrogens with zero attached hydrogens (tertiary/aromatic N) is 1. The minimum absolute atomic E-state index is 0.0167. The second-order valence-electron chi connectivity index (χ2n) is 3.47. The molecule has 0 fully saturated rings. The normalized spacial score (nSPS) is 9.94. The molecule has 0 radical (unpaired) electrons. The molecular weight excluding hydrogens is 240 g/mol. The van der Waals surface area contributed by atoms with Crippen LogP contribution in [0.1, 0.15) is 17.3 Å². The van der Waals surface area contributed by atoms with E-state index in [9.17, 15) is 14.9 Å². The molecule has 18 heavy (non-hydrogen) atoms. The number of nitrogens with two attached hydrogens (primary N) is 1. The molecule has 2 N–H and O–H groups in total. The molecule has 1 aromatic carbocycles. The number of hydrogen-bond donors (Lipinski definition) is 1. The van der Waals surface area contributed by atoms with E-state index in [0.29, 0.717) is 0 Å². The van der Waals surface area contributed by atoms with Gasteiger partial charge in [-0.3, -0.25) is 14.9 Å². The van der Waals surface area contributed by atoms with Crippen molar-refractivity contribution in [1.29, 1.82) is 0 Å². The molecule has 1 aromatic rings. The molecule has 0 aliphatic rings. The van der Waals surface area contributed by atoms with Crippen molar-refractivity contribution < 1.29 is 19.2 Å². The Bertz CT molecular complexity index is 473. The van der Waals surface area contributed by atoms with E-state index in [1.807, 2.05) is 0 Å². The first-order chi connectivity index (χ1) is 8.51. The second kappa shape index (κ2) is 5.97. The van der Waals surface area contributed by atoms with Gasteiger partial charge in [0.2, 0.25) is 0 Å². The monoisotopic (exact) mass is 254 g/mol. The molecule has 0 spiro atoms. The van der Waals surface area contributed by atoms with E-state index < -0.39 is 10.7 Å². The van der Waals surface area contributed by atoms with Crippen molar-refractivity contribution in [2.45, 2.75) is 6.92 Å². The molecule has 0 atom stereocenters. The molecule has 0 bridgehead atoms. The molecular formula is C11H14N2O5. The molecule has 0 saturated carbocycles. The Morgan fingerprint density at radius 3 is 2.56 bits per heavy atom. The Morgan fingerprint density at radius 2 is 2.11 bits per heavy atom. The lowest BCUT2D eigenvalue weighted by molar-refractivity contribution is -0.385. The van der Waals surface area contributed by atoms with Gasteiger partial charge in [-0.1, -0.05) is 0 Å². The van der Waals surface area contributed by atoms with Gasteiger partial charge in [-0.05, 0) is 6.92 Å². The van der Waals surface area contributed by atoms with Crippen LogP contribution in [0.25, 0.3) is 0 Å². The third-order valence-electron chi connectivity index (χ3n) is 2.23. The van der Waals surface area contributed by atoms with Crippen LogP contribution in [0.5, 0.6) is 11.5 Å². The molecule has 1 rings (SSSR count). The van der Waals surface area contributed by atoms with Gasteiger partial charge in [0.15, 0.2) is 17.3 Å². The van der Waals surface area contributed by atoms with Crippen molar-refractivity contribution in [2.75, 3.05) is 20.3 Å². The van der Waals surface area contributed by atoms with Crippen LogP contribution in [0, 0.1) is 10.1 Å². The van der Waals surface area contributed by atoms with Gasteiger partial charge >= 0.3 is 0 Å². The minimum Gasteiger partial charge on any atom is -0.493 e. The number of ether oxygens (including phenoxy) is 2. The van der Waals surface area contributed by atoms with Crippen LogP contribution >= 0.6 is 0 Å². The molecule has 0 aliphatic heterocycles. The molecule has 0 amide bonds. The molecule has 0 saturated heterocycles. The average Bonchev–Trinajstić information content (AvgIpc) is 2.34. The smallest absolute Gasteiger partial charge is 0.284 e. The van der Waals surface area contributed by atoms with Crippen molar-refractivity contribution in [3.63, 3.8) is 0 Å². The predicted molar refractivity (Wildman–Crippen MR) is 64.2 cm³/mol. The highest BCUT2D eigenvalue weighted by Crippen LogP contribution is 2.34. The first-order valence-corrected chi connectivity index (χ1v) is 5.21. The number of nitro benzene ring substituents is 1. The van der Waals surface area contributed by atoms with Gasteiger partial charge in [0.05, 0.1) is 23.7 Å². The maximum absolute atomic E-state index is 11.3. The van der Waals surface area contributed by atoms with E-state index in [1.165, 1.54) is 26.2 Å². The lowest BCUT2D eigenvalue weighted by atomic mass is 10.1. The fourth-order valence-electron chi connectivity index (χ4n) is 1.42. The Hall–Kier alpha value is -2.15. The SMILES string of the molecule is COc1cc(C(C)=O)c([N+](=O)[O-])cc1OCCN. The quantitative estimate of drug-likeness (QED) is 0.463. The number of carbonyl (C=O) groups is 1. The summed E-state index contributed by atoms with van der Waals surface area (Å²) in [5.41, 5.74) is 4.96. The van der Waals surface area contributed by atoms with Crippen LogP contribution in [0.15, 0.2) is 12.1 Å². The third-order valence-corrected chi connectivity index (χ3v) is 2.23. The van der Waals surface area contributed by atoms with Gasteiger partial charge in [0.25, 0.3) is 5.69 Å². The van der Waals surface area contributed by atoms with E-state index >= 15 is 0 Å². The number of ketones is 1. The van der Waals surface area contributed by atoms with Gasteiger partial charge in [-0.2, -0.15) is 0 Å². The molecule has 0 aromatic heterocycles. The van der Waals surface area contributed by atoms with Crippen molar-refractivity contribution in [1.82, 2.24) is 0 Å². The summed E-state index contributed by atoms with van der Waals surface area (Å²) in [6.07, 6.45) is 0. The summed E-state index contributed by atoms with van der Waals surface area (Å²) in [4.78, 5) is 21.6. The molecule has 0 heterocycles. The Morgan fingerprint density at radius 1 is 1.44 bits per heavy atom. The van der Waals surface area contributed by atoms with E-state index in [2.05, 4.69) is 0 Å². The average molecular weight is 254 g/mol. The fraction of sp³-hybridized carbons (Fsp3) is 0.364. The highest BCUT2D eigenvalue weighted by Gasteiger charge is 2.22. The third kappa shape index (κ3) is 2.95. The number of hydrogen-bond acceptors (Lipinski definition) is 6. The summed E-state index contributed by atoms with van der Waals surface area (Å²) < 4.78 is 10.3. The number of rotatable bonds is 6. The summed E-state index contributed by atoms with van der Waals surface area (Å²) in [6.45, 7) is 1.72. The first-order valence-electron chi connectivity index (χ1n) is 5.21. The largest absolute Gasteiger partial charge is 0.493 e. The molecule has 98 valence electrons. The van der Waals surface area contributed by atoms with E-state index in [-0.39, 0.29) is 35.9 Å². The maximum atomic E-state index is 11.3. The van der Waals surface area contributed by atoms with Crippen LogP contribution in [0.3, 0.4) is 0 Å². The molecule has 0 aliphatic carbocycles. The van der Waals surface area contributed by atoms with Gasteiger partial charge in [-0.15, -0.1) is 0 Å². The molecule has 0 unspecified atom stereocenters. The standard InChI is InChI=1S/C11H14N2O5/c1-7(14)8-5-10(17-2)11(18-4-3-12)6-9(8)13(15)16/h5-6H,3-4,12H2,1-2H3. The van der Waals surface area contributed by atoms with Gasteiger partial charge < -0.3 is 15.2 Å². The Balaban J connectivity index is 3.31. The summed E-state index contributed by atoms with van der Waals surface area (Å²) in [5.74, 6) is 0.0456. The van der Waals surface area contributed by atoms with E-state index in [1.54, 1.807) is 0 Å². The van der Waals surface area contributed by atoms with Crippen molar-refractivity contribution in [2.24, 2.45) is 5.73 Å². The summed E-state index contributed by atoms with van der Waals surface area (Å²) in [5, 5.41) is 10.9. The fourth-order valence-corrected chi connectivity index (χ4v) is 1.42. The molecule has 7 heteroatoms. The summed E-state index contributed by atoms with van der Waals surface area (Å²) >= 11 is 0. The Labute approximate surface area is 104 Å². The number of Topliss-reactive ketones (excluding diaryl/α,β-unsaturated/α-hetero) is 1. The van der Waals surface area contributed by atoms with Crippen molar-refractivity contribution in [3.05, 3.63) is 27.8 Å². The molecule has 7 nitrogen and oxygen atoms in total. The van der Waals surface area contributed by atoms with Crippen LogP contribution in [-0.2, 0) is 0 Å².